The van der Waals surface area contributed by atoms with E-state index in [1.54, 1.807) is 7.11 Å². The molecule has 1 aliphatic rings. The molecule has 0 radical (unpaired) electrons. The molecular formula is C15H22N2O2. The van der Waals surface area contributed by atoms with Gasteiger partial charge in [0.15, 0.2) is 0 Å². The molecule has 1 saturated carbocycles. The Hall–Kier alpha value is -1.55. The highest BCUT2D eigenvalue weighted by molar-refractivity contribution is 5.92. The Balaban J connectivity index is 1.76. The van der Waals surface area contributed by atoms with Crippen LogP contribution >= 0.6 is 0 Å². The Morgan fingerprint density at radius 2 is 2.11 bits per heavy atom. The molecule has 0 atom stereocenters. The van der Waals surface area contributed by atoms with E-state index >= 15 is 0 Å². The minimum atomic E-state index is -0.00109. The minimum Gasteiger partial charge on any atom is -0.497 e. The van der Waals surface area contributed by atoms with Crippen LogP contribution in [0.4, 0.5) is 5.69 Å². The first-order valence-corrected chi connectivity index (χ1v) is 6.95. The van der Waals surface area contributed by atoms with E-state index in [1.165, 1.54) is 32.1 Å². The molecule has 0 bridgehead atoms. The fraction of sp³-hybridized carbons (Fsp3) is 0.533. The van der Waals surface area contributed by atoms with Crippen molar-refractivity contribution in [1.29, 1.82) is 0 Å². The van der Waals surface area contributed by atoms with Crippen LogP contribution in [-0.2, 0) is 4.79 Å². The van der Waals surface area contributed by atoms with Gasteiger partial charge in [-0.05, 0) is 25.0 Å². The molecule has 0 saturated heterocycles. The van der Waals surface area contributed by atoms with Crippen molar-refractivity contribution in [2.75, 3.05) is 19.0 Å². The lowest BCUT2D eigenvalue weighted by atomic mass is 9.95. The van der Waals surface area contributed by atoms with Crippen LogP contribution in [0.25, 0.3) is 0 Å². The lowest BCUT2D eigenvalue weighted by Crippen LogP contribution is -2.37. The summed E-state index contributed by atoms with van der Waals surface area (Å²) in [6.45, 7) is 0.377. The van der Waals surface area contributed by atoms with E-state index in [4.69, 9.17) is 4.74 Å². The van der Waals surface area contributed by atoms with Gasteiger partial charge in [0.1, 0.15) is 5.75 Å². The Morgan fingerprint density at radius 1 is 1.32 bits per heavy atom. The van der Waals surface area contributed by atoms with Crippen molar-refractivity contribution < 1.29 is 9.53 Å². The average Bonchev–Trinajstić information content (AvgIpc) is 2.46. The van der Waals surface area contributed by atoms with E-state index in [0.717, 1.165) is 11.4 Å². The molecule has 2 N–H and O–H groups in total. The number of ether oxygens (including phenoxy) is 1. The van der Waals surface area contributed by atoms with Gasteiger partial charge >= 0.3 is 0 Å². The van der Waals surface area contributed by atoms with Gasteiger partial charge in [-0.3, -0.25) is 4.79 Å². The van der Waals surface area contributed by atoms with Crippen molar-refractivity contribution >= 4 is 11.6 Å². The number of nitrogens with one attached hydrogen (secondary N) is 2. The summed E-state index contributed by atoms with van der Waals surface area (Å²) in [6, 6.07) is 7.91. The van der Waals surface area contributed by atoms with Crippen LogP contribution in [0.15, 0.2) is 24.3 Å². The maximum absolute atomic E-state index is 11.8. The Morgan fingerprint density at radius 3 is 2.84 bits per heavy atom. The van der Waals surface area contributed by atoms with Crippen molar-refractivity contribution in [3.8, 4) is 5.75 Å². The monoisotopic (exact) mass is 262 g/mol. The van der Waals surface area contributed by atoms with E-state index in [2.05, 4.69) is 10.6 Å². The molecule has 104 valence electrons. The summed E-state index contributed by atoms with van der Waals surface area (Å²) in [5, 5.41) is 6.20. The summed E-state index contributed by atoms with van der Waals surface area (Å²) in [5.74, 6) is 0.747. The zero-order valence-electron chi connectivity index (χ0n) is 11.4. The zero-order valence-corrected chi connectivity index (χ0v) is 11.4. The van der Waals surface area contributed by atoms with Gasteiger partial charge in [0.2, 0.25) is 5.91 Å². The van der Waals surface area contributed by atoms with Gasteiger partial charge in [-0.2, -0.15) is 0 Å². The molecule has 1 fully saturated rings. The van der Waals surface area contributed by atoms with Crippen molar-refractivity contribution in [3.63, 3.8) is 0 Å². The van der Waals surface area contributed by atoms with Crippen molar-refractivity contribution in [1.82, 2.24) is 5.32 Å². The summed E-state index contributed by atoms with van der Waals surface area (Å²) in [7, 11) is 1.62. The van der Waals surface area contributed by atoms with Crippen LogP contribution in [0.2, 0.25) is 0 Å². The van der Waals surface area contributed by atoms with Gasteiger partial charge in [0, 0.05) is 17.8 Å². The first kappa shape index (κ1) is 13.9. The summed E-state index contributed by atoms with van der Waals surface area (Å²) < 4.78 is 5.12. The number of hydrogen-bond acceptors (Lipinski definition) is 3. The molecule has 0 unspecified atom stereocenters. The second-order valence-corrected chi connectivity index (χ2v) is 5.00. The highest BCUT2D eigenvalue weighted by atomic mass is 16.5. The highest BCUT2D eigenvalue weighted by Crippen LogP contribution is 2.18. The predicted molar refractivity (Wildman–Crippen MR) is 76.5 cm³/mol. The fourth-order valence-corrected chi connectivity index (χ4v) is 2.45. The summed E-state index contributed by atoms with van der Waals surface area (Å²) >= 11 is 0. The minimum absolute atomic E-state index is 0.00109. The van der Waals surface area contributed by atoms with E-state index < -0.39 is 0 Å². The van der Waals surface area contributed by atoms with E-state index in [1.807, 2.05) is 24.3 Å². The van der Waals surface area contributed by atoms with Crippen LogP contribution < -0.4 is 15.4 Å². The Labute approximate surface area is 114 Å². The molecule has 19 heavy (non-hydrogen) atoms. The standard InChI is InChI=1S/C15H22N2O2/c1-19-14-9-5-8-13(10-14)17-15(18)11-16-12-6-3-2-4-7-12/h5,8-10,12,16H,2-4,6-7,11H2,1H3,(H,17,18). The molecule has 0 heterocycles. The number of anilines is 1. The Kier molecular flexibility index (Phi) is 5.21. The second kappa shape index (κ2) is 7.14. The first-order chi connectivity index (χ1) is 9.28. The lowest BCUT2D eigenvalue weighted by molar-refractivity contribution is -0.115. The van der Waals surface area contributed by atoms with Gasteiger partial charge in [-0.1, -0.05) is 25.3 Å². The number of hydrogen-bond donors (Lipinski definition) is 2. The number of carbonyl (C=O) groups excluding carboxylic acids is 1. The molecule has 0 aromatic heterocycles. The summed E-state index contributed by atoms with van der Waals surface area (Å²) in [4.78, 5) is 11.8. The van der Waals surface area contributed by atoms with Crippen LogP contribution in [0.5, 0.6) is 5.75 Å². The van der Waals surface area contributed by atoms with E-state index in [9.17, 15) is 4.79 Å². The number of amides is 1. The molecule has 1 aromatic rings. The third kappa shape index (κ3) is 4.56. The van der Waals surface area contributed by atoms with Gasteiger partial charge in [-0.25, -0.2) is 0 Å². The second-order valence-electron chi connectivity index (χ2n) is 5.00. The fourth-order valence-electron chi connectivity index (χ4n) is 2.45. The van der Waals surface area contributed by atoms with Crippen LogP contribution in [0.3, 0.4) is 0 Å². The maximum Gasteiger partial charge on any atom is 0.238 e. The van der Waals surface area contributed by atoms with Crippen LogP contribution in [0.1, 0.15) is 32.1 Å². The molecule has 1 amide bonds. The van der Waals surface area contributed by atoms with E-state index in [0.29, 0.717) is 12.6 Å². The van der Waals surface area contributed by atoms with E-state index in [-0.39, 0.29) is 5.91 Å². The van der Waals surface area contributed by atoms with Crippen LogP contribution in [-0.4, -0.2) is 25.6 Å². The number of carbonyl (C=O) groups is 1. The molecule has 0 aliphatic heterocycles. The Bertz CT molecular complexity index is 414. The summed E-state index contributed by atoms with van der Waals surface area (Å²) in [6.07, 6.45) is 6.25. The maximum atomic E-state index is 11.8. The largest absolute Gasteiger partial charge is 0.497 e. The zero-order chi connectivity index (χ0) is 13.5. The molecule has 0 spiro atoms. The number of methoxy groups -OCH3 is 1. The lowest BCUT2D eigenvalue weighted by Gasteiger charge is -2.22. The van der Waals surface area contributed by atoms with Crippen molar-refractivity contribution in [3.05, 3.63) is 24.3 Å². The topological polar surface area (TPSA) is 50.4 Å². The highest BCUT2D eigenvalue weighted by Gasteiger charge is 2.13. The third-order valence-electron chi connectivity index (χ3n) is 3.51. The third-order valence-corrected chi connectivity index (χ3v) is 3.51. The predicted octanol–water partition coefficient (Wildman–Crippen LogP) is 2.56. The van der Waals surface area contributed by atoms with Gasteiger partial charge in [0.25, 0.3) is 0 Å². The quantitative estimate of drug-likeness (QED) is 0.857. The summed E-state index contributed by atoms with van der Waals surface area (Å²) in [5.41, 5.74) is 0.773. The number of rotatable bonds is 5. The molecule has 1 aliphatic carbocycles. The molecule has 2 rings (SSSR count). The normalized spacial score (nSPS) is 16.1. The SMILES string of the molecule is COc1cccc(NC(=O)CNC2CCCCC2)c1. The average molecular weight is 262 g/mol. The molecule has 4 nitrogen and oxygen atoms in total. The van der Waals surface area contributed by atoms with Crippen molar-refractivity contribution in [2.45, 2.75) is 38.1 Å². The van der Waals surface area contributed by atoms with Gasteiger partial charge < -0.3 is 15.4 Å². The first-order valence-electron chi connectivity index (χ1n) is 6.95. The number of benzene rings is 1. The molecule has 1 aromatic carbocycles. The molecule has 4 heteroatoms. The molecular weight excluding hydrogens is 240 g/mol. The van der Waals surface area contributed by atoms with Crippen LogP contribution in [0, 0.1) is 0 Å². The smallest absolute Gasteiger partial charge is 0.238 e. The van der Waals surface area contributed by atoms with Gasteiger partial charge in [-0.15, -0.1) is 0 Å². The van der Waals surface area contributed by atoms with Gasteiger partial charge in [0.05, 0.1) is 13.7 Å². The van der Waals surface area contributed by atoms with Crippen molar-refractivity contribution in [2.24, 2.45) is 0 Å².